The molecule has 0 N–H and O–H groups in total. The van der Waals surface area contributed by atoms with Crippen molar-refractivity contribution in [3.05, 3.63) is 76.6 Å². The summed E-state index contributed by atoms with van der Waals surface area (Å²) < 4.78 is 1.15. The molecular weight excluding hydrogens is 248 g/mol. The molecule has 0 aliphatic heterocycles. The smallest absolute Gasteiger partial charge is 0.0210 e. The Kier molecular flexibility index (Phi) is 3.57. The Morgan fingerprint density at radius 2 is 1.53 bits per heavy atom. The van der Waals surface area contributed by atoms with Gasteiger partial charge in [0.1, 0.15) is 0 Å². The molecule has 1 radical (unpaired) electrons. The van der Waals surface area contributed by atoms with Gasteiger partial charge in [-0.25, -0.2) is 0 Å². The minimum Gasteiger partial charge on any atom is -0.0622 e. The molecule has 0 amide bonds. The van der Waals surface area contributed by atoms with Gasteiger partial charge in [0.05, 0.1) is 0 Å². The van der Waals surface area contributed by atoms with E-state index in [1.807, 2.05) is 12.1 Å². The van der Waals surface area contributed by atoms with Crippen molar-refractivity contribution in [2.75, 3.05) is 0 Å². The third kappa shape index (κ3) is 2.93. The van der Waals surface area contributed by atoms with Crippen molar-refractivity contribution in [3.63, 3.8) is 0 Å². The van der Waals surface area contributed by atoms with Gasteiger partial charge in [0.2, 0.25) is 0 Å². The fraction of sp³-hybridized carbons (Fsp3) is 0.0714. The first-order valence-electron chi connectivity index (χ1n) is 4.98. The molecular formula is C14H12Br. The lowest BCUT2D eigenvalue weighted by molar-refractivity contribution is 1.16. The van der Waals surface area contributed by atoms with Crippen molar-refractivity contribution in [3.8, 4) is 0 Å². The van der Waals surface area contributed by atoms with Gasteiger partial charge in [0, 0.05) is 4.47 Å². The zero-order chi connectivity index (χ0) is 10.5. The van der Waals surface area contributed by atoms with Crippen LogP contribution in [-0.4, -0.2) is 0 Å². The first-order valence-corrected chi connectivity index (χ1v) is 5.77. The van der Waals surface area contributed by atoms with E-state index in [0.29, 0.717) is 0 Å². The number of benzene rings is 2. The van der Waals surface area contributed by atoms with Crippen molar-refractivity contribution in [1.82, 2.24) is 0 Å². The third-order valence-electron chi connectivity index (χ3n) is 2.31. The number of hydrogen-bond donors (Lipinski definition) is 0. The fourth-order valence-corrected chi connectivity index (χ4v) is 1.93. The molecule has 0 heterocycles. The Morgan fingerprint density at radius 1 is 0.867 bits per heavy atom. The molecule has 0 aliphatic carbocycles. The molecule has 2 aromatic rings. The maximum absolute atomic E-state index is 3.54. The first kappa shape index (κ1) is 10.4. The topological polar surface area (TPSA) is 0 Å². The summed E-state index contributed by atoms with van der Waals surface area (Å²) in [6, 6.07) is 18.8. The van der Waals surface area contributed by atoms with E-state index in [-0.39, 0.29) is 0 Å². The van der Waals surface area contributed by atoms with Gasteiger partial charge in [-0.15, -0.1) is 0 Å². The quantitative estimate of drug-likeness (QED) is 0.774. The van der Waals surface area contributed by atoms with Gasteiger partial charge in [-0.05, 0) is 30.0 Å². The van der Waals surface area contributed by atoms with E-state index in [1.54, 1.807) is 0 Å². The summed E-state index contributed by atoms with van der Waals surface area (Å²) in [5.41, 5.74) is 2.59. The van der Waals surface area contributed by atoms with Crippen LogP contribution in [0, 0.1) is 6.42 Å². The number of rotatable bonds is 3. The number of hydrogen-bond acceptors (Lipinski definition) is 0. The molecule has 0 saturated carbocycles. The average molecular weight is 260 g/mol. The van der Waals surface area contributed by atoms with Crippen LogP contribution in [0.15, 0.2) is 59.1 Å². The van der Waals surface area contributed by atoms with Gasteiger partial charge in [0.15, 0.2) is 0 Å². The van der Waals surface area contributed by atoms with E-state index in [9.17, 15) is 0 Å². The summed E-state index contributed by atoms with van der Waals surface area (Å²) in [7, 11) is 0. The lowest BCUT2D eigenvalue weighted by Gasteiger charge is -2.03. The highest BCUT2D eigenvalue weighted by atomic mass is 79.9. The van der Waals surface area contributed by atoms with E-state index < -0.39 is 0 Å². The fourth-order valence-electron chi connectivity index (χ4n) is 1.48. The normalized spacial score (nSPS) is 10.2. The van der Waals surface area contributed by atoms with Crippen LogP contribution in [0.3, 0.4) is 0 Å². The highest BCUT2D eigenvalue weighted by molar-refractivity contribution is 9.10. The van der Waals surface area contributed by atoms with Crippen LogP contribution < -0.4 is 0 Å². The van der Waals surface area contributed by atoms with Gasteiger partial charge in [-0.2, -0.15) is 0 Å². The molecule has 0 unspecified atom stereocenters. The zero-order valence-electron chi connectivity index (χ0n) is 8.36. The minimum atomic E-state index is 0.976. The Hall–Kier alpha value is -1.08. The Labute approximate surface area is 99.1 Å². The molecule has 0 spiro atoms. The van der Waals surface area contributed by atoms with Crippen LogP contribution in [0.25, 0.3) is 0 Å². The van der Waals surface area contributed by atoms with E-state index in [1.165, 1.54) is 11.1 Å². The Balaban J connectivity index is 2.03. The average Bonchev–Trinajstić information content (AvgIpc) is 2.29. The van der Waals surface area contributed by atoms with Crippen molar-refractivity contribution in [1.29, 1.82) is 0 Å². The largest absolute Gasteiger partial charge is 0.0622 e. The summed E-state index contributed by atoms with van der Waals surface area (Å²) in [6.07, 6.45) is 3.21. The van der Waals surface area contributed by atoms with Gasteiger partial charge in [-0.1, -0.05) is 64.5 Å². The predicted molar refractivity (Wildman–Crippen MR) is 67.7 cm³/mol. The van der Waals surface area contributed by atoms with Crippen LogP contribution in [0.4, 0.5) is 0 Å². The van der Waals surface area contributed by atoms with Gasteiger partial charge < -0.3 is 0 Å². The second-order valence-corrected chi connectivity index (χ2v) is 4.27. The lowest BCUT2D eigenvalue weighted by Crippen LogP contribution is -1.88. The summed E-state index contributed by atoms with van der Waals surface area (Å²) in [4.78, 5) is 0. The second kappa shape index (κ2) is 5.13. The van der Waals surface area contributed by atoms with Crippen LogP contribution in [-0.2, 0) is 6.42 Å². The molecule has 2 aromatic carbocycles. The maximum Gasteiger partial charge on any atom is 0.0210 e. The van der Waals surface area contributed by atoms with Crippen molar-refractivity contribution in [2.24, 2.45) is 0 Å². The summed E-state index contributed by atoms with van der Waals surface area (Å²) in [5, 5.41) is 0. The summed E-state index contributed by atoms with van der Waals surface area (Å²) in [5.74, 6) is 0. The standard InChI is InChI=1S/C14H12Br/c15-14-9-5-4-8-13(14)11-10-12-6-2-1-3-7-12/h1-9,11H,10H2. The lowest BCUT2D eigenvalue weighted by atomic mass is 10.0. The molecule has 75 valence electrons. The molecule has 0 bridgehead atoms. The highest BCUT2D eigenvalue weighted by Crippen LogP contribution is 2.19. The van der Waals surface area contributed by atoms with Crippen molar-refractivity contribution in [2.45, 2.75) is 6.42 Å². The SMILES string of the molecule is Brc1ccccc1[CH]Cc1ccccc1. The Bertz CT molecular complexity index is 420. The van der Waals surface area contributed by atoms with Gasteiger partial charge >= 0.3 is 0 Å². The molecule has 1 heteroatoms. The van der Waals surface area contributed by atoms with E-state index in [4.69, 9.17) is 0 Å². The molecule has 2 rings (SSSR count). The maximum atomic E-state index is 3.54. The first-order chi connectivity index (χ1) is 7.36. The van der Waals surface area contributed by atoms with Crippen LogP contribution >= 0.6 is 15.9 Å². The van der Waals surface area contributed by atoms with E-state index in [2.05, 4.69) is 64.8 Å². The monoisotopic (exact) mass is 259 g/mol. The van der Waals surface area contributed by atoms with Crippen LogP contribution in [0.2, 0.25) is 0 Å². The van der Waals surface area contributed by atoms with Crippen LogP contribution in [0.1, 0.15) is 11.1 Å². The van der Waals surface area contributed by atoms with Gasteiger partial charge in [-0.3, -0.25) is 0 Å². The molecule has 15 heavy (non-hydrogen) atoms. The third-order valence-corrected chi connectivity index (χ3v) is 3.03. The molecule has 0 aliphatic rings. The molecule has 0 nitrogen and oxygen atoms in total. The zero-order valence-corrected chi connectivity index (χ0v) is 9.94. The van der Waals surface area contributed by atoms with Crippen LogP contribution in [0.5, 0.6) is 0 Å². The van der Waals surface area contributed by atoms with E-state index >= 15 is 0 Å². The predicted octanol–water partition coefficient (Wildman–Crippen LogP) is 4.24. The molecule has 0 atom stereocenters. The highest BCUT2D eigenvalue weighted by Gasteiger charge is 1.99. The van der Waals surface area contributed by atoms with Crippen molar-refractivity contribution >= 4 is 15.9 Å². The summed E-state index contributed by atoms with van der Waals surface area (Å²) in [6.45, 7) is 0. The van der Waals surface area contributed by atoms with E-state index in [0.717, 1.165) is 10.9 Å². The summed E-state index contributed by atoms with van der Waals surface area (Å²) >= 11 is 3.54. The molecule has 0 fully saturated rings. The van der Waals surface area contributed by atoms with Gasteiger partial charge in [0.25, 0.3) is 0 Å². The molecule has 0 aromatic heterocycles. The van der Waals surface area contributed by atoms with Crippen molar-refractivity contribution < 1.29 is 0 Å². The minimum absolute atomic E-state index is 0.976. The molecule has 0 saturated heterocycles. The Morgan fingerprint density at radius 3 is 2.27 bits per heavy atom. The number of halogens is 1. The second-order valence-electron chi connectivity index (χ2n) is 3.42.